The summed E-state index contributed by atoms with van der Waals surface area (Å²) in [4.78, 5) is 18.3. The minimum atomic E-state index is -0.795. The molecule has 106 valence electrons. The highest BCUT2D eigenvalue weighted by Crippen LogP contribution is 2.27. The lowest BCUT2D eigenvalue weighted by Gasteiger charge is -2.35. The van der Waals surface area contributed by atoms with Crippen LogP contribution in [0.25, 0.3) is 0 Å². The van der Waals surface area contributed by atoms with Crippen molar-refractivity contribution in [3.05, 3.63) is 16.6 Å². The van der Waals surface area contributed by atoms with Crippen molar-refractivity contribution in [2.45, 2.75) is 38.3 Å². The number of nitrogens with zero attached hydrogens (tertiary/aromatic N) is 2. The Bertz CT molecular complexity index is 389. The van der Waals surface area contributed by atoms with Gasteiger partial charge in [-0.2, -0.15) is 0 Å². The van der Waals surface area contributed by atoms with Crippen molar-refractivity contribution in [1.82, 2.24) is 9.88 Å². The van der Waals surface area contributed by atoms with Crippen LogP contribution in [0.15, 0.2) is 11.7 Å². The Morgan fingerprint density at radius 1 is 1.63 bits per heavy atom. The number of aliphatic carboxylic acids is 1. The Morgan fingerprint density at radius 3 is 2.95 bits per heavy atom. The van der Waals surface area contributed by atoms with E-state index in [9.17, 15) is 4.79 Å². The van der Waals surface area contributed by atoms with Crippen LogP contribution >= 0.6 is 11.3 Å². The third-order valence-corrected chi connectivity index (χ3v) is 4.50. The van der Waals surface area contributed by atoms with Crippen LogP contribution in [0.1, 0.15) is 37.1 Å². The number of hydrogen-bond acceptors (Lipinski definition) is 5. The molecule has 19 heavy (non-hydrogen) atoms. The number of piperidine rings is 1. The molecular weight excluding hydrogens is 264 g/mol. The summed E-state index contributed by atoms with van der Waals surface area (Å²) in [6, 6.07) is 0.410. The van der Waals surface area contributed by atoms with Crippen molar-refractivity contribution >= 4 is 17.3 Å². The van der Waals surface area contributed by atoms with E-state index in [0.29, 0.717) is 12.6 Å². The van der Waals surface area contributed by atoms with Crippen LogP contribution in [0.3, 0.4) is 0 Å². The van der Waals surface area contributed by atoms with Crippen LogP contribution in [0, 0.1) is 0 Å². The molecule has 1 aromatic heterocycles. The molecule has 0 saturated carbocycles. The molecule has 0 amide bonds. The molecule has 0 radical (unpaired) electrons. The van der Waals surface area contributed by atoms with Gasteiger partial charge in [0.25, 0.3) is 0 Å². The molecule has 0 bridgehead atoms. The Balaban J connectivity index is 1.72. The molecule has 0 aliphatic carbocycles. The zero-order valence-electron chi connectivity index (χ0n) is 11.1. The molecule has 2 heterocycles. The lowest BCUT2D eigenvalue weighted by Crippen LogP contribution is -2.38. The van der Waals surface area contributed by atoms with Gasteiger partial charge in [-0.1, -0.05) is 0 Å². The molecule has 0 aromatic carbocycles. The summed E-state index contributed by atoms with van der Waals surface area (Å²) in [5.74, 6) is -0.795. The molecular formula is C13H20N2O3S. The normalized spacial score (nSPS) is 19.4. The van der Waals surface area contributed by atoms with Gasteiger partial charge in [-0.3, -0.25) is 14.7 Å². The lowest BCUT2D eigenvalue weighted by atomic mass is 10.1. The molecule has 1 aliphatic rings. The van der Waals surface area contributed by atoms with E-state index < -0.39 is 5.97 Å². The molecule has 5 nitrogen and oxygen atoms in total. The average molecular weight is 284 g/mol. The van der Waals surface area contributed by atoms with E-state index in [1.54, 1.807) is 11.3 Å². The molecule has 1 saturated heterocycles. The number of thiazole rings is 1. The quantitative estimate of drug-likeness (QED) is 0.867. The summed E-state index contributed by atoms with van der Waals surface area (Å²) in [6.45, 7) is 4.52. The Morgan fingerprint density at radius 2 is 2.37 bits per heavy atom. The van der Waals surface area contributed by atoms with E-state index in [1.165, 1.54) is 4.88 Å². The van der Waals surface area contributed by atoms with Gasteiger partial charge < -0.3 is 9.84 Å². The molecule has 1 fully saturated rings. The van der Waals surface area contributed by atoms with Crippen molar-refractivity contribution < 1.29 is 14.6 Å². The van der Waals surface area contributed by atoms with Gasteiger partial charge in [0.05, 0.1) is 24.6 Å². The van der Waals surface area contributed by atoms with Gasteiger partial charge in [-0.25, -0.2) is 0 Å². The standard InChI is InChI=1S/C13H20N2O3S/c1-10(12-8-14-9-19-12)15-5-2-11(3-6-15)18-7-4-13(16)17/h8-11H,2-7H2,1H3,(H,16,17). The van der Waals surface area contributed by atoms with Gasteiger partial charge in [0, 0.05) is 30.2 Å². The van der Waals surface area contributed by atoms with Crippen LogP contribution in [0.2, 0.25) is 0 Å². The Kier molecular flexibility index (Phi) is 5.30. The number of aromatic nitrogens is 1. The van der Waals surface area contributed by atoms with Gasteiger partial charge in [0.15, 0.2) is 0 Å². The van der Waals surface area contributed by atoms with E-state index in [2.05, 4.69) is 16.8 Å². The highest BCUT2D eigenvalue weighted by Gasteiger charge is 2.24. The summed E-state index contributed by atoms with van der Waals surface area (Å²) in [5, 5.41) is 8.57. The summed E-state index contributed by atoms with van der Waals surface area (Å²) in [5.41, 5.74) is 1.87. The highest BCUT2D eigenvalue weighted by atomic mass is 32.1. The molecule has 6 heteroatoms. The first-order chi connectivity index (χ1) is 9.16. The molecule has 1 atom stereocenters. The van der Waals surface area contributed by atoms with Crippen LogP contribution in [0.5, 0.6) is 0 Å². The van der Waals surface area contributed by atoms with Crippen molar-refractivity contribution in [2.24, 2.45) is 0 Å². The smallest absolute Gasteiger partial charge is 0.305 e. The van der Waals surface area contributed by atoms with Gasteiger partial charge in [0.2, 0.25) is 0 Å². The fraction of sp³-hybridized carbons (Fsp3) is 0.692. The Hall–Kier alpha value is -0.980. The number of rotatable bonds is 6. The number of hydrogen-bond donors (Lipinski definition) is 1. The molecule has 1 aliphatic heterocycles. The van der Waals surface area contributed by atoms with Gasteiger partial charge >= 0.3 is 5.97 Å². The number of carbonyl (C=O) groups is 1. The second-order valence-electron chi connectivity index (χ2n) is 4.83. The zero-order chi connectivity index (χ0) is 13.7. The topological polar surface area (TPSA) is 62.7 Å². The molecule has 1 N–H and O–H groups in total. The lowest BCUT2D eigenvalue weighted by molar-refractivity contribution is -0.138. The fourth-order valence-corrected chi connectivity index (χ4v) is 3.07. The van der Waals surface area contributed by atoms with Gasteiger partial charge in [0.1, 0.15) is 0 Å². The van der Waals surface area contributed by atoms with Crippen LogP contribution in [0.4, 0.5) is 0 Å². The largest absolute Gasteiger partial charge is 0.481 e. The Labute approximate surface area is 117 Å². The first kappa shape index (κ1) is 14.4. The van der Waals surface area contributed by atoms with Crippen molar-refractivity contribution in [2.75, 3.05) is 19.7 Å². The highest BCUT2D eigenvalue weighted by molar-refractivity contribution is 7.09. The molecule has 1 unspecified atom stereocenters. The zero-order valence-corrected chi connectivity index (χ0v) is 11.9. The summed E-state index contributed by atoms with van der Waals surface area (Å²) in [7, 11) is 0. The third-order valence-electron chi connectivity index (χ3n) is 3.56. The molecule has 1 aromatic rings. The van der Waals surface area contributed by atoms with Crippen LogP contribution in [-0.4, -0.2) is 46.8 Å². The first-order valence-corrected chi connectivity index (χ1v) is 7.50. The number of likely N-dealkylation sites (tertiary alicyclic amines) is 1. The van der Waals surface area contributed by atoms with E-state index in [0.717, 1.165) is 25.9 Å². The van der Waals surface area contributed by atoms with Crippen molar-refractivity contribution in [3.63, 3.8) is 0 Å². The van der Waals surface area contributed by atoms with Gasteiger partial charge in [-0.15, -0.1) is 11.3 Å². The second-order valence-corrected chi connectivity index (χ2v) is 5.75. The predicted molar refractivity (Wildman–Crippen MR) is 73.3 cm³/mol. The van der Waals surface area contributed by atoms with E-state index >= 15 is 0 Å². The first-order valence-electron chi connectivity index (χ1n) is 6.62. The van der Waals surface area contributed by atoms with E-state index in [-0.39, 0.29) is 12.5 Å². The molecule has 0 spiro atoms. The van der Waals surface area contributed by atoms with Crippen molar-refractivity contribution in [1.29, 1.82) is 0 Å². The minimum absolute atomic E-state index is 0.0947. The van der Waals surface area contributed by atoms with Gasteiger partial charge in [-0.05, 0) is 19.8 Å². The monoisotopic (exact) mass is 284 g/mol. The predicted octanol–water partition coefficient (Wildman–Crippen LogP) is 2.16. The van der Waals surface area contributed by atoms with E-state index in [1.807, 2.05) is 11.7 Å². The van der Waals surface area contributed by atoms with Crippen LogP contribution < -0.4 is 0 Å². The maximum absolute atomic E-state index is 10.4. The summed E-state index contributed by atoms with van der Waals surface area (Å²) >= 11 is 1.69. The number of carboxylic acids is 1. The summed E-state index contributed by atoms with van der Waals surface area (Å²) in [6.07, 6.45) is 4.19. The second kappa shape index (κ2) is 6.98. The maximum atomic E-state index is 10.4. The van der Waals surface area contributed by atoms with Crippen LogP contribution in [-0.2, 0) is 9.53 Å². The fourth-order valence-electron chi connectivity index (χ4n) is 2.35. The minimum Gasteiger partial charge on any atom is -0.481 e. The third kappa shape index (κ3) is 4.26. The average Bonchev–Trinajstić information content (AvgIpc) is 2.92. The molecule has 2 rings (SSSR count). The SMILES string of the molecule is CC(c1cncs1)N1CCC(OCCC(=O)O)CC1. The van der Waals surface area contributed by atoms with E-state index in [4.69, 9.17) is 9.84 Å². The van der Waals surface area contributed by atoms with Crippen molar-refractivity contribution in [3.8, 4) is 0 Å². The number of ether oxygens (including phenoxy) is 1. The summed E-state index contributed by atoms with van der Waals surface area (Å²) < 4.78 is 5.60. The number of carboxylic acid groups (broad SMARTS) is 1. The maximum Gasteiger partial charge on any atom is 0.305 e.